The van der Waals surface area contributed by atoms with Gasteiger partial charge in [-0.2, -0.15) is 13.2 Å². The lowest BCUT2D eigenvalue weighted by Crippen LogP contribution is -2.65. The van der Waals surface area contributed by atoms with Gasteiger partial charge in [0.25, 0.3) is 5.91 Å². The molecule has 10 nitrogen and oxygen atoms in total. The number of nitrogens with zero attached hydrogens (tertiary/aromatic N) is 2. The zero-order chi connectivity index (χ0) is 33.5. The van der Waals surface area contributed by atoms with Crippen LogP contribution in [0.4, 0.5) is 13.2 Å². The molecule has 0 saturated heterocycles. The van der Waals surface area contributed by atoms with E-state index < -0.39 is 93.1 Å². The van der Waals surface area contributed by atoms with Gasteiger partial charge >= 0.3 is 6.18 Å². The van der Waals surface area contributed by atoms with Crippen LogP contribution in [0.5, 0.6) is 5.75 Å². The number of phenols is 1. The van der Waals surface area contributed by atoms with E-state index in [1.165, 1.54) is 19.0 Å². The van der Waals surface area contributed by atoms with E-state index in [0.717, 1.165) is 18.9 Å². The Morgan fingerprint density at radius 1 is 1.11 bits per heavy atom. The van der Waals surface area contributed by atoms with E-state index in [0.29, 0.717) is 19.0 Å². The molecule has 13 heteroatoms. The van der Waals surface area contributed by atoms with Gasteiger partial charge in [0.15, 0.2) is 11.4 Å². The second kappa shape index (κ2) is 10.8. The molecular formula is C32H40F3N3O7. The van der Waals surface area contributed by atoms with Crippen molar-refractivity contribution in [3.8, 4) is 5.75 Å². The number of halogens is 3. The SMILES string of the molecule is CN(C)[C@@H]1C(=O)C(C(N)=O)=C(O)[C@@]2(O)C(=O)C3=C(O)c4c(O)cc(CN(CC5CC5)CC(C)(C)C)c(C(F)(F)F)c4C[C@H]3C[C@@H]12. The molecule has 1 aromatic rings. The highest BCUT2D eigenvalue weighted by Crippen LogP contribution is 2.54. The van der Waals surface area contributed by atoms with Crippen LogP contribution in [0.3, 0.4) is 0 Å². The van der Waals surface area contributed by atoms with Gasteiger partial charge in [-0.05, 0) is 74.2 Å². The molecule has 0 radical (unpaired) electrons. The molecule has 4 atom stereocenters. The van der Waals surface area contributed by atoms with Crippen molar-refractivity contribution >= 4 is 23.2 Å². The van der Waals surface area contributed by atoms with E-state index in [2.05, 4.69) is 0 Å². The average molecular weight is 636 g/mol. The summed E-state index contributed by atoms with van der Waals surface area (Å²) in [6, 6.07) is -0.367. The van der Waals surface area contributed by atoms with Gasteiger partial charge in [-0.3, -0.25) is 24.2 Å². The van der Waals surface area contributed by atoms with Crippen LogP contribution >= 0.6 is 0 Å². The van der Waals surface area contributed by atoms with Crippen molar-refractivity contribution in [2.75, 3.05) is 27.2 Å². The van der Waals surface area contributed by atoms with Gasteiger partial charge in [0.1, 0.15) is 22.8 Å². The zero-order valence-corrected chi connectivity index (χ0v) is 26.0. The fraction of sp³-hybridized carbons (Fsp3) is 0.594. The van der Waals surface area contributed by atoms with Crippen LogP contribution < -0.4 is 5.73 Å². The largest absolute Gasteiger partial charge is 0.508 e. The Kier molecular flexibility index (Phi) is 7.94. The summed E-state index contributed by atoms with van der Waals surface area (Å²) in [7, 11) is 2.90. The summed E-state index contributed by atoms with van der Waals surface area (Å²) in [5.41, 5.74) is -1.35. The van der Waals surface area contributed by atoms with Crippen molar-refractivity contribution in [1.82, 2.24) is 9.80 Å². The summed E-state index contributed by atoms with van der Waals surface area (Å²) >= 11 is 0. The van der Waals surface area contributed by atoms with E-state index in [9.17, 15) is 48.0 Å². The highest BCUT2D eigenvalue weighted by molar-refractivity contribution is 6.24. The smallest absolute Gasteiger partial charge is 0.417 e. The second-order valence-corrected chi connectivity index (χ2v) is 14.4. The first-order valence-corrected chi connectivity index (χ1v) is 15.0. The number of carbonyl (C=O) groups excluding carboxylic acids is 3. The Morgan fingerprint density at radius 3 is 2.24 bits per heavy atom. The molecule has 2 fully saturated rings. The number of Topliss-reactive ketones (excluding diaryl/α,β-unsaturated/α-hetero) is 2. The number of primary amides is 1. The van der Waals surface area contributed by atoms with Crippen LogP contribution in [0, 0.1) is 23.2 Å². The molecule has 5 rings (SSSR count). The van der Waals surface area contributed by atoms with Crippen molar-refractivity contribution in [3.63, 3.8) is 0 Å². The number of ketones is 2. The monoisotopic (exact) mass is 635 g/mol. The minimum absolute atomic E-state index is 0.0987. The second-order valence-electron chi connectivity index (χ2n) is 14.4. The molecule has 2 saturated carbocycles. The van der Waals surface area contributed by atoms with Gasteiger partial charge in [0, 0.05) is 31.1 Å². The number of hydrogen-bond acceptors (Lipinski definition) is 9. The normalized spacial score (nSPS) is 27.2. The third-order valence-corrected chi connectivity index (χ3v) is 9.39. The number of nitrogens with two attached hydrogens (primary N) is 1. The number of aliphatic hydroxyl groups excluding tert-OH is 2. The minimum Gasteiger partial charge on any atom is -0.508 e. The van der Waals surface area contributed by atoms with Crippen molar-refractivity contribution in [2.45, 2.75) is 70.8 Å². The Morgan fingerprint density at radius 2 is 1.73 bits per heavy atom. The van der Waals surface area contributed by atoms with Crippen LogP contribution in [0.25, 0.3) is 5.76 Å². The molecule has 0 aromatic heterocycles. The van der Waals surface area contributed by atoms with Gasteiger partial charge in [-0.1, -0.05) is 20.8 Å². The van der Waals surface area contributed by atoms with Crippen LogP contribution in [-0.4, -0.2) is 86.5 Å². The fourth-order valence-electron chi connectivity index (χ4n) is 7.62. The summed E-state index contributed by atoms with van der Waals surface area (Å²) in [5, 5.41) is 45.1. The van der Waals surface area contributed by atoms with Gasteiger partial charge in [-0.25, -0.2) is 0 Å². The number of aromatic hydroxyl groups is 1. The van der Waals surface area contributed by atoms with Crippen LogP contribution in [0.15, 0.2) is 23.0 Å². The first kappa shape index (κ1) is 33.0. The van der Waals surface area contributed by atoms with E-state index in [4.69, 9.17) is 5.73 Å². The standard InChI is InChI=1S/C32H40F3N3O7/c1-30(2,3)13-38(11-14-6-7-14)12-16-10-19(39)21-17(23(16)32(33,34)35)8-15-9-18-24(37(4)5)26(41)22(29(36)44)28(43)31(18,45)27(42)20(15)25(21)40/h10,14-15,18,24,39-40,43,45H,6-9,11-13H2,1-5H3,(H2,36,44)/t15-,18-,24-,31-/m0/s1. The summed E-state index contributed by atoms with van der Waals surface area (Å²) < 4.78 is 44.8. The predicted octanol–water partition coefficient (Wildman–Crippen LogP) is 3.24. The minimum atomic E-state index is -4.89. The number of fused-ring (bicyclic) bond motifs is 3. The molecule has 4 aliphatic carbocycles. The van der Waals surface area contributed by atoms with Crippen LogP contribution in [0.1, 0.15) is 62.3 Å². The third kappa shape index (κ3) is 5.52. The zero-order valence-electron chi connectivity index (χ0n) is 26.0. The molecule has 1 aromatic carbocycles. The van der Waals surface area contributed by atoms with E-state index in [1.807, 2.05) is 25.7 Å². The van der Waals surface area contributed by atoms with Gasteiger partial charge in [-0.15, -0.1) is 0 Å². The maximum Gasteiger partial charge on any atom is 0.417 e. The number of phenolic OH excluding ortho intramolecular Hbond substituents is 1. The van der Waals surface area contributed by atoms with E-state index in [1.54, 1.807) is 0 Å². The Bertz CT molecular complexity index is 1540. The quantitative estimate of drug-likeness (QED) is 0.283. The number of amides is 1. The van der Waals surface area contributed by atoms with Gasteiger partial charge < -0.3 is 26.2 Å². The van der Waals surface area contributed by atoms with Crippen molar-refractivity contribution in [2.24, 2.45) is 28.9 Å². The molecular weight excluding hydrogens is 595 g/mol. The Hall–Kier alpha value is -3.42. The number of hydrogen-bond donors (Lipinski definition) is 5. The number of carbonyl (C=O) groups is 3. The molecule has 6 N–H and O–H groups in total. The lowest BCUT2D eigenvalue weighted by Gasteiger charge is -2.50. The maximum absolute atomic E-state index is 14.9. The summed E-state index contributed by atoms with van der Waals surface area (Å²) in [6.07, 6.45) is -3.63. The lowest BCUT2D eigenvalue weighted by atomic mass is 9.57. The molecule has 0 heterocycles. The Labute approximate surface area is 259 Å². The highest BCUT2D eigenvalue weighted by Gasteiger charge is 2.64. The van der Waals surface area contributed by atoms with Crippen molar-refractivity contribution < 1.29 is 48.0 Å². The van der Waals surface area contributed by atoms with E-state index >= 15 is 0 Å². The van der Waals surface area contributed by atoms with Crippen molar-refractivity contribution in [1.29, 1.82) is 0 Å². The topological polar surface area (TPSA) is 165 Å². The number of alkyl halides is 3. The predicted molar refractivity (Wildman–Crippen MR) is 157 cm³/mol. The van der Waals surface area contributed by atoms with E-state index in [-0.39, 0.29) is 29.5 Å². The number of rotatable bonds is 7. The molecule has 4 aliphatic rings. The molecule has 246 valence electrons. The Balaban J connectivity index is 1.68. The van der Waals surface area contributed by atoms with Crippen LogP contribution in [0.2, 0.25) is 0 Å². The number of aliphatic hydroxyl groups is 3. The number of benzene rings is 1. The van der Waals surface area contributed by atoms with Gasteiger partial charge in [0.05, 0.1) is 17.2 Å². The molecule has 0 spiro atoms. The summed E-state index contributed by atoms with van der Waals surface area (Å²) in [5.74, 6) is -8.58. The first-order valence-electron chi connectivity index (χ1n) is 15.0. The molecule has 0 aliphatic heterocycles. The first-order chi connectivity index (χ1) is 20.7. The molecule has 0 unspecified atom stereocenters. The third-order valence-electron chi connectivity index (χ3n) is 9.39. The van der Waals surface area contributed by atoms with Crippen LogP contribution in [-0.2, 0) is 33.5 Å². The number of likely N-dealkylation sites (N-methyl/N-ethyl adjacent to an activating group) is 1. The molecule has 0 bridgehead atoms. The maximum atomic E-state index is 14.9. The molecule has 1 amide bonds. The van der Waals surface area contributed by atoms with Gasteiger partial charge in [0.2, 0.25) is 5.78 Å². The van der Waals surface area contributed by atoms with Crippen molar-refractivity contribution in [3.05, 3.63) is 45.2 Å². The summed E-state index contributed by atoms with van der Waals surface area (Å²) in [6.45, 7) is 6.98. The highest BCUT2D eigenvalue weighted by atomic mass is 19.4. The summed E-state index contributed by atoms with van der Waals surface area (Å²) in [4.78, 5) is 42.7. The fourth-order valence-corrected chi connectivity index (χ4v) is 7.62. The lowest BCUT2D eigenvalue weighted by molar-refractivity contribution is -0.153. The average Bonchev–Trinajstić information content (AvgIpc) is 3.67. The molecule has 45 heavy (non-hydrogen) atoms.